The van der Waals surface area contributed by atoms with Gasteiger partial charge in [-0.1, -0.05) is 29.8 Å². The Morgan fingerprint density at radius 2 is 1.88 bits per heavy atom. The summed E-state index contributed by atoms with van der Waals surface area (Å²) < 4.78 is 17.3. The normalized spacial score (nSPS) is 11.7. The molecule has 0 spiro atoms. The van der Waals surface area contributed by atoms with Crippen molar-refractivity contribution < 1.29 is 18.7 Å². The van der Waals surface area contributed by atoms with Gasteiger partial charge in [-0.15, -0.1) is 0 Å². The van der Waals surface area contributed by atoms with Crippen LogP contribution in [0.4, 0.5) is 0 Å². The first-order chi connectivity index (χ1) is 15.5. The Kier molecular flexibility index (Phi) is 8.12. The van der Waals surface area contributed by atoms with Gasteiger partial charge in [0.2, 0.25) is 5.91 Å². The summed E-state index contributed by atoms with van der Waals surface area (Å²) >= 11 is 0. The fourth-order valence-corrected chi connectivity index (χ4v) is 3.75. The number of carbonyl (C=O) groups is 1. The van der Waals surface area contributed by atoms with Crippen molar-refractivity contribution in [3.05, 3.63) is 59.4 Å². The molecule has 3 rings (SSSR count). The molecule has 2 aromatic carbocycles. The summed E-state index contributed by atoms with van der Waals surface area (Å²) in [4.78, 5) is 12.5. The predicted octanol–water partition coefficient (Wildman–Crippen LogP) is 6.06. The van der Waals surface area contributed by atoms with E-state index in [0.29, 0.717) is 26.4 Å². The van der Waals surface area contributed by atoms with Gasteiger partial charge in [0, 0.05) is 47.9 Å². The maximum Gasteiger partial charge on any atom is 0.244 e. The highest BCUT2D eigenvalue weighted by atomic mass is 16.5. The van der Waals surface area contributed by atoms with Crippen molar-refractivity contribution >= 4 is 22.4 Å². The molecule has 3 aromatic rings. The lowest BCUT2D eigenvalue weighted by Gasteiger charge is -2.15. The molecule has 32 heavy (non-hydrogen) atoms. The van der Waals surface area contributed by atoms with E-state index in [1.165, 1.54) is 5.56 Å². The summed E-state index contributed by atoms with van der Waals surface area (Å²) in [5, 5.41) is 3.94. The van der Waals surface area contributed by atoms with Crippen LogP contribution >= 0.6 is 0 Å². The number of ether oxygens (including phenoxy) is 2. The minimum atomic E-state index is -0.120. The van der Waals surface area contributed by atoms with E-state index in [1.54, 1.807) is 12.3 Å². The van der Waals surface area contributed by atoms with Crippen LogP contribution in [0, 0.1) is 13.8 Å². The quantitative estimate of drug-likeness (QED) is 0.310. The minimum Gasteiger partial charge on any atom is -0.493 e. The van der Waals surface area contributed by atoms with Crippen LogP contribution in [0.1, 0.15) is 43.9 Å². The summed E-state index contributed by atoms with van der Waals surface area (Å²) in [6, 6.07) is 10.5. The molecule has 0 aliphatic rings. The van der Waals surface area contributed by atoms with Crippen LogP contribution in [0.3, 0.4) is 0 Å². The Morgan fingerprint density at radius 1 is 1.12 bits per heavy atom. The lowest BCUT2D eigenvalue weighted by atomic mass is 9.96. The summed E-state index contributed by atoms with van der Waals surface area (Å²) in [6.45, 7) is 12.4. The Hall–Kier alpha value is -3.05. The lowest BCUT2D eigenvalue weighted by Crippen LogP contribution is -2.23. The van der Waals surface area contributed by atoms with Gasteiger partial charge in [0.05, 0.1) is 12.9 Å². The molecule has 0 saturated carbocycles. The van der Waals surface area contributed by atoms with Crippen molar-refractivity contribution in [2.45, 2.75) is 41.0 Å². The van der Waals surface area contributed by atoms with E-state index in [4.69, 9.17) is 13.9 Å². The van der Waals surface area contributed by atoms with Gasteiger partial charge >= 0.3 is 0 Å². The summed E-state index contributed by atoms with van der Waals surface area (Å²) in [5.41, 5.74) is 6.82. The summed E-state index contributed by atoms with van der Waals surface area (Å²) in [7, 11) is 0. The Labute approximate surface area is 190 Å². The minimum absolute atomic E-state index is 0.120. The van der Waals surface area contributed by atoms with Gasteiger partial charge in [-0.3, -0.25) is 4.79 Å². The van der Waals surface area contributed by atoms with Crippen LogP contribution in [0.2, 0.25) is 0 Å². The van der Waals surface area contributed by atoms with Crippen LogP contribution in [-0.2, 0) is 9.53 Å². The number of fused-ring (bicyclic) bond motifs is 1. The van der Waals surface area contributed by atoms with E-state index in [0.717, 1.165) is 51.0 Å². The van der Waals surface area contributed by atoms with Gasteiger partial charge in [0.25, 0.3) is 0 Å². The second-order valence-electron chi connectivity index (χ2n) is 7.87. The number of benzene rings is 2. The third-order valence-electron chi connectivity index (χ3n) is 5.44. The molecule has 0 saturated heterocycles. The molecular weight excluding hydrogens is 402 g/mol. The molecule has 0 aliphatic heterocycles. The number of furan rings is 1. The molecule has 1 heterocycles. The highest BCUT2D eigenvalue weighted by Gasteiger charge is 2.19. The second-order valence-corrected chi connectivity index (χ2v) is 7.87. The average Bonchev–Trinajstić information content (AvgIpc) is 3.20. The molecule has 1 amide bonds. The molecule has 0 bridgehead atoms. The highest BCUT2D eigenvalue weighted by molar-refractivity contribution is 6.01. The standard InChI is InChI=1S/C27H33NO4/c1-6-30-14-8-13-28-25(29)15-19(4)22-16-23-24(21-11-9-18(3)10-12-21)17-32-27(23)20(5)26(22)31-7-2/h9-12,15-17H,6-8,13-14H2,1-5H3,(H,28,29)/b19-15+. The fraction of sp³-hybridized carbons (Fsp3) is 0.370. The van der Waals surface area contributed by atoms with Crippen molar-refractivity contribution in [3.8, 4) is 16.9 Å². The van der Waals surface area contributed by atoms with Crippen molar-refractivity contribution in [2.24, 2.45) is 0 Å². The van der Waals surface area contributed by atoms with Crippen LogP contribution < -0.4 is 10.1 Å². The molecule has 0 radical (unpaired) electrons. The van der Waals surface area contributed by atoms with E-state index >= 15 is 0 Å². The SMILES string of the molecule is CCOCCCNC(=O)/C=C(\C)c1cc2c(-c3ccc(C)cc3)coc2c(C)c1OCC. The number of allylic oxidation sites excluding steroid dienone is 1. The Balaban J connectivity index is 1.97. The molecular formula is C27H33NO4. The van der Waals surface area contributed by atoms with Gasteiger partial charge in [-0.05, 0) is 58.2 Å². The average molecular weight is 436 g/mol. The maximum absolute atomic E-state index is 12.5. The molecule has 170 valence electrons. The topological polar surface area (TPSA) is 60.7 Å². The third kappa shape index (κ3) is 5.40. The fourth-order valence-electron chi connectivity index (χ4n) is 3.75. The van der Waals surface area contributed by atoms with Crippen LogP contribution in [0.5, 0.6) is 5.75 Å². The molecule has 1 N–H and O–H groups in total. The van der Waals surface area contributed by atoms with Crippen molar-refractivity contribution in [3.63, 3.8) is 0 Å². The first-order valence-electron chi connectivity index (χ1n) is 11.2. The molecule has 5 heteroatoms. The van der Waals surface area contributed by atoms with Gasteiger partial charge in [-0.25, -0.2) is 0 Å². The van der Waals surface area contributed by atoms with E-state index in [2.05, 4.69) is 42.6 Å². The zero-order valence-electron chi connectivity index (χ0n) is 19.7. The number of nitrogens with one attached hydrogen (secondary N) is 1. The second kappa shape index (κ2) is 11.0. The molecule has 0 unspecified atom stereocenters. The van der Waals surface area contributed by atoms with Gasteiger partial charge in [0.15, 0.2) is 0 Å². The summed E-state index contributed by atoms with van der Waals surface area (Å²) in [6.07, 6.45) is 4.22. The summed E-state index contributed by atoms with van der Waals surface area (Å²) in [5.74, 6) is 0.632. The molecule has 0 aliphatic carbocycles. The highest BCUT2D eigenvalue weighted by Crippen LogP contribution is 2.40. The molecule has 1 aromatic heterocycles. The van der Waals surface area contributed by atoms with Gasteiger partial charge in [-0.2, -0.15) is 0 Å². The third-order valence-corrected chi connectivity index (χ3v) is 5.44. The molecule has 0 fully saturated rings. The molecule has 0 atom stereocenters. The monoisotopic (exact) mass is 435 g/mol. The maximum atomic E-state index is 12.5. The Morgan fingerprint density at radius 3 is 2.56 bits per heavy atom. The van der Waals surface area contributed by atoms with Crippen LogP contribution in [-0.4, -0.2) is 32.3 Å². The van der Waals surface area contributed by atoms with E-state index in [9.17, 15) is 4.79 Å². The predicted molar refractivity (Wildman–Crippen MR) is 130 cm³/mol. The first-order valence-corrected chi connectivity index (χ1v) is 11.2. The zero-order valence-corrected chi connectivity index (χ0v) is 19.7. The number of hydrogen-bond donors (Lipinski definition) is 1. The largest absolute Gasteiger partial charge is 0.493 e. The molecule has 5 nitrogen and oxygen atoms in total. The van der Waals surface area contributed by atoms with Crippen molar-refractivity contribution in [1.82, 2.24) is 5.32 Å². The number of aryl methyl sites for hydroxylation is 2. The lowest BCUT2D eigenvalue weighted by molar-refractivity contribution is -0.116. The number of rotatable bonds is 10. The van der Waals surface area contributed by atoms with Crippen LogP contribution in [0.15, 0.2) is 47.1 Å². The Bertz CT molecular complexity index is 1090. The number of carbonyl (C=O) groups excluding carboxylic acids is 1. The van der Waals surface area contributed by atoms with Crippen molar-refractivity contribution in [2.75, 3.05) is 26.4 Å². The van der Waals surface area contributed by atoms with Crippen LogP contribution in [0.25, 0.3) is 27.7 Å². The van der Waals surface area contributed by atoms with Crippen molar-refractivity contribution in [1.29, 1.82) is 0 Å². The van der Waals surface area contributed by atoms with Gasteiger partial charge in [0.1, 0.15) is 11.3 Å². The van der Waals surface area contributed by atoms with E-state index in [1.807, 2.05) is 27.7 Å². The number of hydrogen-bond acceptors (Lipinski definition) is 4. The smallest absolute Gasteiger partial charge is 0.244 e. The number of amides is 1. The van der Waals surface area contributed by atoms with Gasteiger partial charge < -0.3 is 19.2 Å². The van der Waals surface area contributed by atoms with E-state index < -0.39 is 0 Å². The first kappa shape index (κ1) is 23.6. The zero-order chi connectivity index (χ0) is 23.1. The van der Waals surface area contributed by atoms with E-state index in [-0.39, 0.29) is 5.91 Å².